The molecule has 0 bridgehead atoms. The van der Waals surface area contributed by atoms with Gasteiger partial charge in [-0.1, -0.05) is 0 Å². The van der Waals surface area contributed by atoms with Crippen molar-refractivity contribution in [2.45, 2.75) is 25.4 Å². The first kappa shape index (κ1) is 14.0. The molecule has 3 N–H and O–H groups in total. The van der Waals surface area contributed by atoms with Crippen LogP contribution in [-0.4, -0.2) is 48.9 Å². The van der Waals surface area contributed by atoms with E-state index in [0.29, 0.717) is 6.04 Å². The van der Waals surface area contributed by atoms with Crippen LogP contribution < -0.4 is 11.3 Å². The number of hydrogen-bond acceptors (Lipinski definition) is 5. The third-order valence-corrected chi connectivity index (χ3v) is 3.45. The lowest BCUT2D eigenvalue weighted by molar-refractivity contribution is 0.0921. The van der Waals surface area contributed by atoms with Crippen LogP contribution in [0.1, 0.15) is 29.2 Å². The number of furan rings is 1. The zero-order valence-corrected chi connectivity index (χ0v) is 11.6. The van der Waals surface area contributed by atoms with Crippen molar-refractivity contribution >= 4 is 5.91 Å². The Bertz CT molecular complexity index is 430. The van der Waals surface area contributed by atoms with Crippen molar-refractivity contribution < 1.29 is 9.21 Å². The quantitative estimate of drug-likeness (QED) is 0.459. The average Bonchev–Trinajstić information content (AvgIpc) is 2.99. The Labute approximate surface area is 113 Å². The van der Waals surface area contributed by atoms with E-state index in [1.807, 2.05) is 6.07 Å². The number of rotatable bonds is 5. The van der Waals surface area contributed by atoms with Gasteiger partial charge in [0, 0.05) is 12.6 Å². The van der Waals surface area contributed by atoms with E-state index in [4.69, 9.17) is 10.3 Å². The van der Waals surface area contributed by atoms with Crippen molar-refractivity contribution in [2.24, 2.45) is 5.84 Å². The van der Waals surface area contributed by atoms with E-state index in [0.717, 1.165) is 25.4 Å². The smallest absolute Gasteiger partial charge is 0.300 e. The number of nitrogen functional groups attached to an aromatic ring is 1. The molecule has 106 valence electrons. The standard InChI is InChI=1S/C13H22N4O2/c1-16(2)8-10-4-3-7-17(10)9-11-5-6-12(19-11)13(18)15-14/h5-6,10H,3-4,7-9,14H2,1-2H3,(H,15,18). The minimum absolute atomic E-state index is 0.265. The lowest BCUT2D eigenvalue weighted by atomic mass is 10.2. The van der Waals surface area contributed by atoms with Crippen molar-refractivity contribution in [2.75, 3.05) is 27.2 Å². The molecule has 0 aliphatic carbocycles. The summed E-state index contributed by atoms with van der Waals surface area (Å²) in [6.07, 6.45) is 2.43. The third kappa shape index (κ3) is 3.56. The van der Waals surface area contributed by atoms with Crippen molar-refractivity contribution in [3.05, 3.63) is 23.7 Å². The largest absolute Gasteiger partial charge is 0.455 e. The number of hydrazine groups is 1. The Morgan fingerprint density at radius 3 is 3.05 bits per heavy atom. The summed E-state index contributed by atoms with van der Waals surface area (Å²) in [7, 11) is 4.18. The van der Waals surface area contributed by atoms with Crippen molar-refractivity contribution in [1.29, 1.82) is 0 Å². The van der Waals surface area contributed by atoms with E-state index in [1.165, 1.54) is 12.8 Å². The molecule has 19 heavy (non-hydrogen) atoms. The fraction of sp³-hybridized carbons (Fsp3) is 0.615. The molecule has 1 atom stereocenters. The molecule has 1 aromatic heterocycles. The number of hydrogen-bond donors (Lipinski definition) is 2. The molecule has 1 aliphatic rings. The number of nitrogens with one attached hydrogen (secondary N) is 1. The molecule has 0 radical (unpaired) electrons. The molecular formula is C13H22N4O2. The summed E-state index contributed by atoms with van der Waals surface area (Å²) < 4.78 is 5.50. The first-order valence-electron chi connectivity index (χ1n) is 6.58. The number of carbonyl (C=O) groups excluding carboxylic acids is 1. The molecule has 1 unspecified atom stereocenters. The minimum atomic E-state index is -0.391. The zero-order valence-electron chi connectivity index (χ0n) is 11.6. The molecule has 0 aromatic carbocycles. The second kappa shape index (κ2) is 6.18. The summed E-state index contributed by atoms with van der Waals surface area (Å²) in [5, 5.41) is 0. The van der Waals surface area contributed by atoms with Crippen molar-refractivity contribution in [3.8, 4) is 0 Å². The Kier molecular flexibility index (Phi) is 4.57. The monoisotopic (exact) mass is 266 g/mol. The molecule has 6 heteroatoms. The maximum Gasteiger partial charge on any atom is 0.300 e. The second-order valence-electron chi connectivity index (χ2n) is 5.27. The van der Waals surface area contributed by atoms with E-state index in [2.05, 4.69) is 29.3 Å². The van der Waals surface area contributed by atoms with Crippen molar-refractivity contribution in [1.82, 2.24) is 15.2 Å². The molecule has 1 fully saturated rings. The predicted molar refractivity (Wildman–Crippen MR) is 72.3 cm³/mol. The van der Waals surface area contributed by atoms with E-state index in [9.17, 15) is 4.79 Å². The van der Waals surface area contributed by atoms with E-state index >= 15 is 0 Å². The van der Waals surface area contributed by atoms with Gasteiger partial charge >= 0.3 is 5.91 Å². The van der Waals surface area contributed by atoms with Crippen LogP contribution in [0.3, 0.4) is 0 Å². The van der Waals surface area contributed by atoms with Crippen LogP contribution in [0.4, 0.5) is 0 Å². The van der Waals surface area contributed by atoms with Crippen molar-refractivity contribution in [3.63, 3.8) is 0 Å². The van der Waals surface area contributed by atoms with Gasteiger partial charge in [-0.2, -0.15) is 0 Å². The number of amides is 1. The Hall–Kier alpha value is -1.37. The highest BCUT2D eigenvalue weighted by molar-refractivity contribution is 5.90. The number of likely N-dealkylation sites (tertiary alicyclic amines) is 1. The van der Waals surface area contributed by atoms with Gasteiger partial charge in [0.1, 0.15) is 5.76 Å². The van der Waals surface area contributed by atoms with Crippen LogP contribution in [0.25, 0.3) is 0 Å². The molecule has 2 heterocycles. The molecule has 1 amide bonds. The van der Waals surface area contributed by atoms with Gasteiger partial charge in [0.2, 0.25) is 0 Å². The van der Waals surface area contributed by atoms with Crippen LogP contribution >= 0.6 is 0 Å². The van der Waals surface area contributed by atoms with Gasteiger partial charge in [-0.05, 0) is 45.6 Å². The summed E-state index contributed by atoms with van der Waals surface area (Å²) in [6.45, 7) is 2.88. The molecule has 1 aliphatic heterocycles. The van der Waals surface area contributed by atoms with Crippen LogP contribution in [0.2, 0.25) is 0 Å². The van der Waals surface area contributed by atoms with Crippen LogP contribution in [0.15, 0.2) is 16.5 Å². The molecule has 2 rings (SSSR count). The van der Waals surface area contributed by atoms with E-state index in [1.54, 1.807) is 6.07 Å². The third-order valence-electron chi connectivity index (χ3n) is 3.45. The maximum atomic E-state index is 11.3. The van der Waals surface area contributed by atoms with E-state index < -0.39 is 5.91 Å². The topological polar surface area (TPSA) is 74.7 Å². The molecular weight excluding hydrogens is 244 g/mol. The molecule has 6 nitrogen and oxygen atoms in total. The maximum absolute atomic E-state index is 11.3. The Morgan fingerprint density at radius 1 is 1.58 bits per heavy atom. The fourth-order valence-corrected chi connectivity index (χ4v) is 2.59. The fourth-order valence-electron chi connectivity index (χ4n) is 2.59. The van der Waals surface area contributed by atoms with Crippen LogP contribution in [-0.2, 0) is 6.54 Å². The minimum Gasteiger partial charge on any atom is -0.455 e. The summed E-state index contributed by atoms with van der Waals surface area (Å²) in [6, 6.07) is 4.07. The average molecular weight is 266 g/mol. The highest BCUT2D eigenvalue weighted by atomic mass is 16.4. The summed E-state index contributed by atoms with van der Waals surface area (Å²) in [5.41, 5.74) is 2.07. The number of carbonyl (C=O) groups is 1. The zero-order chi connectivity index (χ0) is 13.8. The van der Waals surface area contributed by atoms with Gasteiger partial charge in [0.25, 0.3) is 0 Å². The number of nitrogens with two attached hydrogens (primary N) is 1. The number of nitrogens with zero attached hydrogens (tertiary/aromatic N) is 2. The molecule has 0 spiro atoms. The van der Waals surface area contributed by atoms with Gasteiger partial charge in [-0.3, -0.25) is 15.1 Å². The highest BCUT2D eigenvalue weighted by Crippen LogP contribution is 2.21. The van der Waals surface area contributed by atoms with Gasteiger partial charge < -0.3 is 9.32 Å². The molecule has 0 saturated carbocycles. The summed E-state index contributed by atoms with van der Waals surface area (Å²) in [4.78, 5) is 15.9. The summed E-state index contributed by atoms with van der Waals surface area (Å²) >= 11 is 0. The lowest BCUT2D eigenvalue weighted by Gasteiger charge is -2.26. The Balaban J connectivity index is 1.96. The first-order valence-corrected chi connectivity index (χ1v) is 6.58. The van der Waals surface area contributed by atoms with Crippen LogP contribution in [0.5, 0.6) is 0 Å². The summed E-state index contributed by atoms with van der Waals surface area (Å²) in [5.74, 6) is 5.76. The predicted octanol–water partition coefficient (Wildman–Crippen LogP) is 0.409. The molecule has 1 aromatic rings. The van der Waals surface area contributed by atoms with Crippen LogP contribution in [0, 0.1) is 0 Å². The van der Waals surface area contributed by atoms with Gasteiger partial charge in [-0.15, -0.1) is 0 Å². The lowest BCUT2D eigenvalue weighted by Crippen LogP contribution is -2.37. The van der Waals surface area contributed by atoms with E-state index in [-0.39, 0.29) is 5.76 Å². The van der Waals surface area contributed by atoms with Gasteiger partial charge in [-0.25, -0.2) is 5.84 Å². The first-order chi connectivity index (χ1) is 9.10. The number of likely N-dealkylation sites (N-methyl/N-ethyl adjacent to an activating group) is 1. The Morgan fingerprint density at radius 2 is 2.37 bits per heavy atom. The highest BCUT2D eigenvalue weighted by Gasteiger charge is 2.25. The van der Waals surface area contributed by atoms with Gasteiger partial charge in [0.05, 0.1) is 6.54 Å². The second-order valence-corrected chi connectivity index (χ2v) is 5.27. The van der Waals surface area contributed by atoms with Gasteiger partial charge in [0.15, 0.2) is 5.76 Å². The molecule has 1 saturated heterocycles. The SMILES string of the molecule is CN(C)CC1CCCN1Cc1ccc(C(=O)NN)o1. The normalized spacial score (nSPS) is 20.1.